The number of halogens is 1. The molecule has 2 N–H and O–H groups in total. The number of benzene rings is 2. The van der Waals surface area contributed by atoms with E-state index in [0.717, 1.165) is 16.3 Å². The molecule has 2 rings (SSSR count). The van der Waals surface area contributed by atoms with Gasteiger partial charge in [-0.25, -0.2) is 0 Å². The zero-order valence-corrected chi connectivity index (χ0v) is 11.1. The molecule has 0 saturated heterocycles. The van der Waals surface area contributed by atoms with E-state index in [1.54, 1.807) is 0 Å². The number of nitrogens with two attached hydrogens (primary N) is 1. The van der Waals surface area contributed by atoms with E-state index < -0.39 is 0 Å². The van der Waals surface area contributed by atoms with E-state index >= 15 is 0 Å². The molecule has 0 heterocycles. The lowest BCUT2D eigenvalue weighted by molar-refractivity contribution is 0.681. The molecule has 0 aliphatic carbocycles. The van der Waals surface area contributed by atoms with Crippen molar-refractivity contribution in [3.8, 4) is 0 Å². The zero-order chi connectivity index (χ0) is 13.0. The summed E-state index contributed by atoms with van der Waals surface area (Å²) in [6, 6.07) is 18.2. The summed E-state index contributed by atoms with van der Waals surface area (Å²) in [5.74, 6) is 0. The smallest absolute Gasteiger partial charge is 0.0662 e. The van der Waals surface area contributed by atoms with Gasteiger partial charge in [0, 0.05) is 24.3 Å². The van der Waals surface area contributed by atoms with Crippen LogP contribution in [0, 0.1) is 0 Å². The lowest BCUT2D eigenvalue weighted by Crippen LogP contribution is -2.30. The maximum Gasteiger partial charge on any atom is 0.0662 e. The fourth-order valence-corrected chi connectivity index (χ4v) is 2.27. The Balaban J connectivity index is 2.29. The molecule has 0 aliphatic rings. The molecule has 18 heavy (non-hydrogen) atoms. The quantitative estimate of drug-likeness (QED) is 0.912. The van der Waals surface area contributed by atoms with Gasteiger partial charge in [0.1, 0.15) is 0 Å². The van der Waals surface area contributed by atoms with Crippen LogP contribution in [0.25, 0.3) is 0 Å². The standard InChI is InChI=1S/C15H17ClN2/c1-18(14-8-3-2-4-9-14)15(11-17)12-6-5-7-13(16)10-12/h2-10,15H,11,17H2,1H3. The first-order valence-electron chi connectivity index (χ1n) is 5.96. The minimum absolute atomic E-state index is 0.131. The van der Waals surface area contributed by atoms with Crippen molar-refractivity contribution in [3.05, 3.63) is 65.2 Å². The SMILES string of the molecule is CN(c1ccccc1)C(CN)c1cccc(Cl)c1. The highest BCUT2D eigenvalue weighted by atomic mass is 35.5. The summed E-state index contributed by atoms with van der Waals surface area (Å²) < 4.78 is 0. The van der Waals surface area contributed by atoms with Gasteiger partial charge in [-0.1, -0.05) is 41.9 Å². The van der Waals surface area contributed by atoms with Gasteiger partial charge in [0.2, 0.25) is 0 Å². The van der Waals surface area contributed by atoms with Crippen molar-refractivity contribution in [3.63, 3.8) is 0 Å². The molecule has 0 bridgehead atoms. The minimum atomic E-state index is 0.131. The predicted octanol–water partition coefficient (Wildman–Crippen LogP) is 3.48. The summed E-state index contributed by atoms with van der Waals surface area (Å²) in [5, 5.41) is 0.743. The van der Waals surface area contributed by atoms with Crippen molar-refractivity contribution in [2.45, 2.75) is 6.04 Å². The normalized spacial score (nSPS) is 12.2. The second kappa shape index (κ2) is 5.89. The molecular formula is C15H17ClN2. The van der Waals surface area contributed by atoms with Gasteiger partial charge in [0.15, 0.2) is 0 Å². The fraction of sp³-hybridized carbons (Fsp3) is 0.200. The third kappa shape index (κ3) is 2.84. The Labute approximate surface area is 113 Å². The molecule has 0 aliphatic heterocycles. The third-order valence-corrected chi connectivity index (χ3v) is 3.32. The second-order valence-corrected chi connectivity index (χ2v) is 4.69. The topological polar surface area (TPSA) is 29.3 Å². The van der Waals surface area contributed by atoms with Gasteiger partial charge in [0.25, 0.3) is 0 Å². The van der Waals surface area contributed by atoms with Crippen LogP contribution in [0.4, 0.5) is 5.69 Å². The first-order chi connectivity index (χ1) is 8.72. The molecular weight excluding hydrogens is 244 g/mol. The van der Waals surface area contributed by atoms with E-state index in [-0.39, 0.29) is 6.04 Å². The molecule has 2 aromatic carbocycles. The maximum atomic E-state index is 6.04. The highest BCUT2D eigenvalue weighted by Crippen LogP contribution is 2.26. The average Bonchev–Trinajstić information content (AvgIpc) is 2.40. The molecule has 2 nitrogen and oxygen atoms in total. The molecule has 3 heteroatoms. The molecule has 0 radical (unpaired) electrons. The molecule has 1 unspecified atom stereocenters. The highest BCUT2D eigenvalue weighted by Gasteiger charge is 2.15. The van der Waals surface area contributed by atoms with E-state index in [1.807, 2.05) is 43.4 Å². The number of nitrogens with zero attached hydrogens (tertiary/aromatic N) is 1. The largest absolute Gasteiger partial charge is 0.366 e. The average molecular weight is 261 g/mol. The van der Waals surface area contributed by atoms with Gasteiger partial charge in [-0.2, -0.15) is 0 Å². The Hall–Kier alpha value is -1.51. The van der Waals surface area contributed by atoms with Crippen LogP contribution in [0.15, 0.2) is 54.6 Å². The van der Waals surface area contributed by atoms with Gasteiger partial charge >= 0.3 is 0 Å². The Bertz CT molecular complexity index is 499. The third-order valence-electron chi connectivity index (χ3n) is 3.09. The van der Waals surface area contributed by atoms with Crippen LogP contribution in [0.3, 0.4) is 0 Å². The summed E-state index contributed by atoms with van der Waals surface area (Å²) >= 11 is 6.04. The van der Waals surface area contributed by atoms with Crippen LogP contribution in [0.1, 0.15) is 11.6 Å². The first-order valence-corrected chi connectivity index (χ1v) is 6.33. The Morgan fingerprint density at radius 3 is 2.44 bits per heavy atom. The Morgan fingerprint density at radius 1 is 1.11 bits per heavy atom. The van der Waals surface area contributed by atoms with Crippen LogP contribution in [-0.2, 0) is 0 Å². The minimum Gasteiger partial charge on any atom is -0.366 e. The number of anilines is 1. The fourth-order valence-electron chi connectivity index (χ4n) is 2.07. The van der Waals surface area contributed by atoms with E-state index in [9.17, 15) is 0 Å². The van der Waals surface area contributed by atoms with Gasteiger partial charge in [-0.15, -0.1) is 0 Å². The van der Waals surface area contributed by atoms with Crippen molar-refractivity contribution >= 4 is 17.3 Å². The molecule has 94 valence electrons. The Morgan fingerprint density at radius 2 is 1.83 bits per heavy atom. The maximum absolute atomic E-state index is 6.04. The molecule has 1 atom stereocenters. The van der Waals surface area contributed by atoms with Crippen LogP contribution >= 0.6 is 11.6 Å². The van der Waals surface area contributed by atoms with Crippen molar-refractivity contribution in [1.82, 2.24) is 0 Å². The van der Waals surface area contributed by atoms with Crippen molar-refractivity contribution in [2.24, 2.45) is 5.73 Å². The van der Waals surface area contributed by atoms with Crippen LogP contribution in [0.2, 0.25) is 5.02 Å². The number of rotatable bonds is 4. The van der Waals surface area contributed by atoms with Gasteiger partial charge in [-0.05, 0) is 29.8 Å². The lowest BCUT2D eigenvalue weighted by Gasteiger charge is -2.29. The summed E-state index contributed by atoms with van der Waals surface area (Å²) in [7, 11) is 2.05. The number of para-hydroxylation sites is 1. The summed E-state index contributed by atoms with van der Waals surface area (Å²) in [6.45, 7) is 0.547. The van der Waals surface area contributed by atoms with Crippen molar-refractivity contribution in [2.75, 3.05) is 18.5 Å². The molecule has 0 aromatic heterocycles. The number of hydrogen-bond acceptors (Lipinski definition) is 2. The van der Waals surface area contributed by atoms with Gasteiger partial charge in [-0.3, -0.25) is 0 Å². The van der Waals surface area contributed by atoms with E-state index in [2.05, 4.69) is 23.1 Å². The van der Waals surface area contributed by atoms with Crippen LogP contribution in [-0.4, -0.2) is 13.6 Å². The first kappa shape index (κ1) is 12.9. The van der Waals surface area contributed by atoms with E-state index in [0.29, 0.717) is 6.54 Å². The molecule has 0 spiro atoms. The van der Waals surface area contributed by atoms with Crippen LogP contribution in [0.5, 0.6) is 0 Å². The molecule has 2 aromatic rings. The van der Waals surface area contributed by atoms with Gasteiger partial charge < -0.3 is 10.6 Å². The number of likely N-dealkylation sites (N-methyl/N-ethyl adjacent to an activating group) is 1. The summed E-state index contributed by atoms with van der Waals surface area (Å²) in [5.41, 5.74) is 8.19. The zero-order valence-electron chi connectivity index (χ0n) is 10.4. The monoisotopic (exact) mass is 260 g/mol. The Kier molecular flexibility index (Phi) is 4.24. The summed E-state index contributed by atoms with van der Waals surface area (Å²) in [6.07, 6.45) is 0. The molecule has 0 amide bonds. The molecule has 0 fully saturated rings. The van der Waals surface area contributed by atoms with E-state index in [1.165, 1.54) is 0 Å². The summed E-state index contributed by atoms with van der Waals surface area (Å²) in [4.78, 5) is 2.17. The second-order valence-electron chi connectivity index (χ2n) is 4.25. The van der Waals surface area contributed by atoms with Crippen LogP contribution < -0.4 is 10.6 Å². The van der Waals surface area contributed by atoms with E-state index in [4.69, 9.17) is 17.3 Å². The lowest BCUT2D eigenvalue weighted by atomic mass is 10.1. The number of hydrogen-bond donors (Lipinski definition) is 1. The van der Waals surface area contributed by atoms with Gasteiger partial charge in [0.05, 0.1) is 6.04 Å². The molecule has 0 saturated carbocycles. The van der Waals surface area contributed by atoms with Crippen molar-refractivity contribution < 1.29 is 0 Å². The van der Waals surface area contributed by atoms with Crippen molar-refractivity contribution in [1.29, 1.82) is 0 Å². The predicted molar refractivity (Wildman–Crippen MR) is 78.1 cm³/mol. The highest BCUT2D eigenvalue weighted by molar-refractivity contribution is 6.30.